The van der Waals surface area contributed by atoms with Crippen molar-refractivity contribution < 1.29 is 9.59 Å². The van der Waals surface area contributed by atoms with Crippen LogP contribution in [-0.2, 0) is 9.59 Å². The fraction of sp³-hybridized carbons (Fsp3) is 0.636. The van der Waals surface area contributed by atoms with E-state index in [0.717, 1.165) is 56.8 Å². The summed E-state index contributed by atoms with van der Waals surface area (Å²) in [5, 5.41) is 9.29. The van der Waals surface area contributed by atoms with Gasteiger partial charge in [-0.05, 0) is 76.2 Å². The lowest BCUT2D eigenvalue weighted by atomic mass is 9.93. The summed E-state index contributed by atoms with van der Waals surface area (Å²) in [6.45, 7) is 6.17. The van der Waals surface area contributed by atoms with Gasteiger partial charge in [0.1, 0.15) is 0 Å². The van der Waals surface area contributed by atoms with Gasteiger partial charge in [-0.15, -0.1) is 24.8 Å². The molecule has 2 heterocycles. The second kappa shape index (κ2) is 13.7. The molecule has 2 saturated heterocycles. The molecule has 170 valence electrons. The van der Waals surface area contributed by atoms with Gasteiger partial charge in [-0.2, -0.15) is 0 Å². The number of piperidine rings is 1. The molecule has 2 fully saturated rings. The lowest BCUT2D eigenvalue weighted by Crippen LogP contribution is -2.36. The maximum atomic E-state index is 12.4. The van der Waals surface area contributed by atoms with Gasteiger partial charge in [0.2, 0.25) is 11.8 Å². The average molecular weight is 459 g/mol. The van der Waals surface area contributed by atoms with Crippen molar-refractivity contribution in [1.82, 2.24) is 10.6 Å². The van der Waals surface area contributed by atoms with Gasteiger partial charge in [0.05, 0.1) is 0 Å². The van der Waals surface area contributed by atoms with Gasteiger partial charge in [-0.25, -0.2) is 0 Å². The standard InChI is InChI=1S/C22H34N4O2.2ClH/c1-17(24-21(27)8-7-18-9-11-23-12-10-18)15-22(28)25-19-5-4-6-20(16-19)26-13-2-3-14-26;;/h4-6,16-18,23H,2-3,7-15H2,1H3,(H,24,27)(H,25,28);2*1H. The highest BCUT2D eigenvalue weighted by Gasteiger charge is 2.17. The smallest absolute Gasteiger partial charge is 0.226 e. The zero-order chi connectivity index (χ0) is 19.8. The Morgan fingerprint density at radius 1 is 1.13 bits per heavy atom. The Morgan fingerprint density at radius 2 is 1.83 bits per heavy atom. The number of nitrogens with one attached hydrogen (secondary N) is 3. The molecule has 30 heavy (non-hydrogen) atoms. The maximum Gasteiger partial charge on any atom is 0.226 e. The van der Waals surface area contributed by atoms with Crippen LogP contribution in [0.4, 0.5) is 11.4 Å². The average Bonchev–Trinajstić information content (AvgIpc) is 3.22. The van der Waals surface area contributed by atoms with E-state index < -0.39 is 0 Å². The number of anilines is 2. The van der Waals surface area contributed by atoms with E-state index in [2.05, 4.69) is 26.9 Å². The third-order valence-electron chi connectivity index (χ3n) is 5.74. The predicted molar refractivity (Wildman–Crippen MR) is 128 cm³/mol. The SMILES string of the molecule is CC(CC(=O)Nc1cccc(N2CCCC2)c1)NC(=O)CCC1CCNCC1.Cl.Cl. The van der Waals surface area contributed by atoms with E-state index in [4.69, 9.17) is 0 Å². The van der Waals surface area contributed by atoms with Crippen LogP contribution in [0.5, 0.6) is 0 Å². The molecule has 3 N–H and O–H groups in total. The van der Waals surface area contributed by atoms with Gasteiger partial charge in [0.25, 0.3) is 0 Å². The molecule has 1 atom stereocenters. The van der Waals surface area contributed by atoms with Crippen LogP contribution in [0, 0.1) is 5.92 Å². The highest BCUT2D eigenvalue weighted by molar-refractivity contribution is 5.92. The van der Waals surface area contributed by atoms with E-state index in [1.54, 1.807) is 0 Å². The lowest BCUT2D eigenvalue weighted by Gasteiger charge is -2.22. The van der Waals surface area contributed by atoms with Crippen molar-refractivity contribution >= 4 is 48.0 Å². The zero-order valence-corrected chi connectivity index (χ0v) is 19.5. The molecular formula is C22H36Cl2N4O2. The molecule has 0 aromatic heterocycles. The normalized spacial score (nSPS) is 17.4. The number of hydrogen-bond acceptors (Lipinski definition) is 4. The molecule has 1 unspecified atom stereocenters. The molecule has 3 rings (SSSR count). The zero-order valence-electron chi connectivity index (χ0n) is 17.8. The number of carbonyl (C=O) groups is 2. The van der Waals surface area contributed by atoms with Gasteiger partial charge < -0.3 is 20.9 Å². The van der Waals surface area contributed by atoms with E-state index in [0.29, 0.717) is 12.3 Å². The fourth-order valence-electron chi connectivity index (χ4n) is 4.15. The van der Waals surface area contributed by atoms with Crippen LogP contribution in [0.3, 0.4) is 0 Å². The summed E-state index contributed by atoms with van der Waals surface area (Å²) >= 11 is 0. The molecule has 8 heteroatoms. The highest BCUT2D eigenvalue weighted by atomic mass is 35.5. The first kappa shape index (κ1) is 26.5. The molecule has 0 saturated carbocycles. The van der Waals surface area contributed by atoms with Crippen LogP contribution < -0.4 is 20.9 Å². The number of hydrogen-bond donors (Lipinski definition) is 3. The minimum Gasteiger partial charge on any atom is -0.371 e. The van der Waals surface area contributed by atoms with Crippen LogP contribution in [0.2, 0.25) is 0 Å². The van der Waals surface area contributed by atoms with Crippen molar-refractivity contribution in [2.45, 2.75) is 57.9 Å². The van der Waals surface area contributed by atoms with Crippen molar-refractivity contribution in [3.05, 3.63) is 24.3 Å². The Kier molecular flexibility index (Phi) is 12.1. The number of benzene rings is 1. The van der Waals surface area contributed by atoms with E-state index in [1.807, 2.05) is 25.1 Å². The third-order valence-corrected chi connectivity index (χ3v) is 5.74. The largest absolute Gasteiger partial charge is 0.371 e. The summed E-state index contributed by atoms with van der Waals surface area (Å²) in [7, 11) is 0. The number of halogens is 2. The highest BCUT2D eigenvalue weighted by Crippen LogP contribution is 2.23. The van der Waals surface area contributed by atoms with Gasteiger partial charge in [0, 0.05) is 43.3 Å². The summed E-state index contributed by atoms with van der Waals surface area (Å²) in [4.78, 5) is 26.9. The molecule has 0 radical (unpaired) electrons. The Labute approximate surface area is 192 Å². The summed E-state index contributed by atoms with van der Waals surface area (Å²) in [6, 6.07) is 7.86. The van der Waals surface area contributed by atoms with Crippen LogP contribution in [-0.4, -0.2) is 44.0 Å². The van der Waals surface area contributed by atoms with Crippen molar-refractivity contribution in [1.29, 1.82) is 0 Å². The van der Waals surface area contributed by atoms with Crippen molar-refractivity contribution in [2.75, 3.05) is 36.4 Å². The molecule has 6 nitrogen and oxygen atoms in total. The van der Waals surface area contributed by atoms with E-state index in [1.165, 1.54) is 12.8 Å². The third kappa shape index (κ3) is 8.70. The Hall–Kier alpha value is -1.50. The topological polar surface area (TPSA) is 73.5 Å². The Bertz CT molecular complexity index is 662. The quantitative estimate of drug-likeness (QED) is 0.554. The number of rotatable bonds is 8. The maximum absolute atomic E-state index is 12.4. The van der Waals surface area contributed by atoms with Gasteiger partial charge in [0.15, 0.2) is 0 Å². The second-order valence-electron chi connectivity index (χ2n) is 8.20. The minimum atomic E-state index is -0.165. The predicted octanol–water partition coefficient (Wildman–Crippen LogP) is 3.74. The lowest BCUT2D eigenvalue weighted by molar-refractivity contribution is -0.122. The van der Waals surface area contributed by atoms with Gasteiger partial charge in [-0.3, -0.25) is 9.59 Å². The molecule has 1 aromatic carbocycles. The van der Waals surface area contributed by atoms with E-state index in [-0.39, 0.29) is 49.1 Å². The molecule has 2 aliphatic heterocycles. The number of nitrogens with zero attached hydrogens (tertiary/aromatic N) is 1. The second-order valence-corrected chi connectivity index (χ2v) is 8.20. The molecule has 0 spiro atoms. The Morgan fingerprint density at radius 3 is 2.53 bits per heavy atom. The fourth-order valence-corrected chi connectivity index (χ4v) is 4.15. The first-order valence-corrected chi connectivity index (χ1v) is 10.7. The molecule has 0 aliphatic carbocycles. The van der Waals surface area contributed by atoms with Crippen LogP contribution in [0.25, 0.3) is 0 Å². The summed E-state index contributed by atoms with van der Waals surface area (Å²) in [5.74, 6) is 0.632. The first-order chi connectivity index (χ1) is 13.6. The van der Waals surface area contributed by atoms with Crippen LogP contribution in [0.15, 0.2) is 24.3 Å². The summed E-state index contributed by atoms with van der Waals surface area (Å²) in [6.07, 6.45) is 6.54. The summed E-state index contributed by atoms with van der Waals surface area (Å²) < 4.78 is 0. The van der Waals surface area contributed by atoms with Crippen LogP contribution in [0.1, 0.15) is 51.9 Å². The van der Waals surface area contributed by atoms with Crippen LogP contribution >= 0.6 is 24.8 Å². The minimum absolute atomic E-state index is 0. The van der Waals surface area contributed by atoms with E-state index >= 15 is 0 Å². The van der Waals surface area contributed by atoms with E-state index in [9.17, 15) is 9.59 Å². The molecule has 1 aromatic rings. The Balaban J connectivity index is 0.00000225. The molecule has 2 amide bonds. The molecule has 0 bridgehead atoms. The van der Waals surface area contributed by atoms with Crippen molar-refractivity contribution in [3.8, 4) is 0 Å². The monoisotopic (exact) mass is 458 g/mol. The molecular weight excluding hydrogens is 423 g/mol. The van der Waals surface area contributed by atoms with Crippen molar-refractivity contribution in [2.24, 2.45) is 5.92 Å². The number of carbonyl (C=O) groups excluding carboxylic acids is 2. The van der Waals surface area contributed by atoms with Gasteiger partial charge >= 0.3 is 0 Å². The molecule has 2 aliphatic rings. The summed E-state index contributed by atoms with van der Waals surface area (Å²) in [5.41, 5.74) is 1.98. The first-order valence-electron chi connectivity index (χ1n) is 10.7. The van der Waals surface area contributed by atoms with Crippen molar-refractivity contribution in [3.63, 3.8) is 0 Å². The number of amides is 2. The van der Waals surface area contributed by atoms with Gasteiger partial charge in [-0.1, -0.05) is 6.07 Å².